The highest BCUT2D eigenvalue weighted by molar-refractivity contribution is 6.31. The highest BCUT2D eigenvalue weighted by Crippen LogP contribution is 2.43. The molecule has 2 fully saturated rings. The molecule has 2 amide bonds. The Balaban J connectivity index is 1.49. The second-order valence-corrected chi connectivity index (χ2v) is 11.7. The maximum Gasteiger partial charge on any atom is 0.393 e. The van der Waals surface area contributed by atoms with Crippen LogP contribution in [0.25, 0.3) is 5.65 Å². The number of carbonyl (C=O) groups excluding carboxylic acids is 2. The van der Waals surface area contributed by atoms with E-state index >= 15 is 0 Å². The van der Waals surface area contributed by atoms with Gasteiger partial charge in [-0.3, -0.25) is 19.1 Å². The molecule has 17 heteroatoms. The molecule has 3 N–H and O–H groups in total. The molecule has 0 bridgehead atoms. The van der Waals surface area contributed by atoms with Crippen LogP contribution >= 0.6 is 11.6 Å². The number of carboxylic acids is 1. The topological polar surface area (TPSA) is 144 Å². The van der Waals surface area contributed by atoms with Gasteiger partial charge in [-0.15, -0.1) is 0 Å². The van der Waals surface area contributed by atoms with Crippen molar-refractivity contribution < 1.29 is 41.4 Å². The fourth-order valence-electron chi connectivity index (χ4n) is 5.95. The molecule has 4 heterocycles. The van der Waals surface area contributed by atoms with Crippen molar-refractivity contribution in [2.45, 2.75) is 70.1 Å². The smallest absolute Gasteiger partial charge is 0.393 e. The molecule has 3 aromatic heterocycles. The maximum atomic E-state index is 14.0. The summed E-state index contributed by atoms with van der Waals surface area (Å²) in [5, 5.41) is 23.1. The second kappa shape index (κ2) is 11.6. The summed E-state index contributed by atoms with van der Waals surface area (Å²) < 4.78 is 71.3. The molecule has 2 aliphatic rings. The van der Waals surface area contributed by atoms with Gasteiger partial charge in [0.2, 0.25) is 11.8 Å². The average molecular weight is 646 g/mol. The molecule has 5 rings (SSSR count). The molecule has 44 heavy (non-hydrogen) atoms. The van der Waals surface area contributed by atoms with Crippen molar-refractivity contribution in [1.29, 1.82) is 0 Å². The van der Waals surface area contributed by atoms with Crippen LogP contribution in [-0.4, -0.2) is 65.9 Å². The Hall–Kier alpha value is -3.82. The predicted molar refractivity (Wildman–Crippen MR) is 144 cm³/mol. The molecule has 1 saturated heterocycles. The molecule has 238 valence electrons. The maximum absolute atomic E-state index is 14.0. The normalized spacial score (nSPS) is 23.3. The van der Waals surface area contributed by atoms with Crippen LogP contribution in [0.2, 0.25) is 5.02 Å². The van der Waals surface area contributed by atoms with Gasteiger partial charge in [0.25, 0.3) is 5.91 Å². The number of carboxylic acid groups (broad SMARTS) is 1. The van der Waals surface area contributed by atoms with Crippen LogP contribution in [0.15, 0.2) is 24.5 Å². The van der Waals surface area contributed by atoms with E-state index in [9.17, 15) is 41.4 Å². The molecule has 0 radical (unpaired) electrons. The highest BCUT2D eigenvalue weighted by atomic mass is 35.5. The zero-order valence-electron chi connectivity index (χ0n) is 23.4. The minimum Gasteiger partial charge on any atom is -0.480 e. The Morgan fingerprint density at radius 1 is 1.27 bits per heavy atom. The number of imidazole rings is 1. The molecule has 1 unspecified atom stereocenters. The van der Waals surface area contributed by atoms with Gasteiger partial charge in [0, 0.05) is 44.6 Å². The van der Waals surface area contributed by atoms with Gasteiger partial charge >= 0.3 is 12.1 Å². The number of rotatable bonds is 8. The average Bonchev–Trinajstić information content (AvgIpc) is 3.59. The molecular formula is C27H29ClF5N7O4. The second-order valence-electron chi connectivity index (χ2n) is 11.3. The summed E-state index contributed by atoms with van der Waals surface area (Å²) in [6, 6.07) is 2.00. The van der Waals surface area contributed by atoms with Gasteiger partial charge in [-0.1, -0.05) is 11.6 Å². The van der Waals surface area contributed by atoms with Crippen LogP contribution in [0.1, 0.15) is 66.9 Å². The van der Waals surface area contributed by atoms with Crippen molar-refractivity contribution in [3.63, 3.8) is 0 Å². The van der Waals surface area contributed by atoms with Crippen molar-refractivity contribution in [3.05, 3.63) is 46.6 Å². The summed E-state index contributed by atoms with van der Waals surface area (Å²) in [5.41, 5.74) is -1.98. The largest absolute Gasteiger partial charge is 0.480 e. The fraction of sp³-hybridized carbons (Fsp3) is 0.556. The van der Waals surface area contributed by atoms with E-state index in [1.54, 1.807) is 6.92 Å². The van der Waals surface area contributed by atoms with Gasteiger partial charge in [0.15, 0.2) is 11.1 Å². The van der Waals surface area contributed by atoms with E-state index in [0.29, 0.717) is 6.54 Å². The Morgan fingerprint density at radius 2 is 1.98 bits per heavy atom. The third-order valence-electron chi connectivity index (χ3n) is 8.46. The molecule has 11 nitrogen and oxygen atoms in total. The van der Waals surface area contributed by atoms with E-state index in [1.807, 2.05) is 0 Å². The molecule has 1 aliphatic heterocycles. The number of alkyl halides is 5. The third kappa shape index (κ3) is 6.08. The first-order valence-corrected chi connectivity index (χ1v) is 14.3. The lowest BCUT2D eigenvalue weighted by molar-refractivity contribution is -0.194. The monoisotopic (exact) mass is 645 g/mol. The van der Waals surface area contributed by atoms with Crippen molar-refractivity contribution in [1.82, 2.24) is 35.0 Å². The SMILES string of the molecule is CCn1nccc1C(=O)N[C@H](c1cn2nc(CC3(C(=O)O)C[C@@H](C(F)(F)F)CNC3=O)c(Cl)cc2n1)C1CCC(F)(F)CC1. The van der Waals surface area contributed by atoms with E-state index in [2.05, 4.69) is 25.8 Å². The zero-order chi connectivity index (χ0) is 32.0. The van der Waals surface area contributed by atoms with E-state index in [-0.39, 0.29) is 53.4 Å². The first-order valence-electron chi connectivity index (χ1n) is 14.0. The first kappa shape index (κ1) is 31.6. The molecule has 3 aromatic rings. The number of nitrogens with one attached hydrogen (secondary N) is 2. The molecular weight excluding hydrogens is 617 g/mol. The summed E-state index contributed by atoms with van der Waals surface area (Å²) in [6.07, 6.45) is -4.18. The summed E-state index contributed by atoms with van der Waals surface area (Å²) in [6.45, 7) is 1.46. The number of aliphatic carboxylic acids is 1. The quantitative estimate of drug-likeness (QED) is 0.246. The Labute approximate surface area is 252 Å². The lowest BCUT2D eigenvalue weighted by atomic mass is 9.72. The fourth-order valence-corrected chi connectivity index (χ4v) is 6.15. The molecule has 3 atom stereocenters. The van der Waals surface area contributed by atoms with Crippen LogP contribution in [0.4, 0.5) is 22.0 Å². The Morgan fingerprint density at radius 3 is 2.61 bits per heavy atom. The molecule has 0 aromatic carbocycles. The third-order valence-corrected chi connectivity index (χ3v) is 8.79. The molecule has 1 saturated carbocycles. The van der Waals surface area contributed by atoms with E-state index in [4.69, 9.17) is 11.6 Å². The number of nitrogens with zero attached hydrogens (tertiary/aromatic N) is 5. The summed E-state index contributed by atoms with van der Waals surface area (Å²) in [4.78, 5) is 42.8. The number of fused-ring (bicyclic) bond motifs is 1. The van der Waals surface area contributed by atoms with Crippen LogP contribution in [0.5, 0.6) is 0 Å². The molecule has 1 aliphatic carbocycles. The Kier molecular flexibility index (Phi) is 8.33. The van der Waals surface area contributed by atoms with Crippen LogP contribution in [-0.2, 0) is 22.6 Å². The number of hydrogen-bond donors (Lipinski definition) is 3. The number of carbonyl (C=O) groups is 3. The summed E-state index contributed by atoms with van der Waals surface area (Å²) in [5.74, 6) is -8.67. The van der Waals surface area contributed by atoms with Gasteiger partial charge < -0.3 is 15.7 Å². The van der Waals surface area contributed by atoms with Gasteiger partial charge in [0.1, 0.15) is 5.69 Å². The molecule has 0 spiro atoms. The highest BCUT2D eigenvalue weighted by Gasteiger charge is 2.56. The number of hydrogen-bond acceptors (Lipinski definition) is 6. The van der Waals surface area contributed by atoms with Crippen LogP contribution < -0.4 is 10.6 Å². The minimum atomic E-state index is -4.74. The predicted octanol–water partition coefficient (Wildman–Crippen LogP) is 4.21. The minimum absolute atomic E-state index is 0.0922. The van der Waals surface area contributed by atoms with Crippen molar-refractivity contribution in [2.75, 3.05) is 6.54 Å². The van der Waals surface area contributed by atoms with Crippen molar-refractivity contribution >= 4 is 35.0 Å². The standard InChI is InChI=1S/C27H29ClF5N7O4/c1-2-39-19(5-8-35-39)22(41)37-21(14-3-6-26(29,30)7-4-14)18-13-40-20(36-18)9-16(28)17(38-40)11-25(24(43)44)10-15(27(31,32)33)12-34-23(25)42/h5,8-9,13-15,21H,2-4,6-7,10-12H2,1H3,(H,34,42)(H,37,41)(H,43,44)/t15-,21+,25?/m1/s1. The van der Waals surface area contributed by atoms with Gasteiger partial charge in [-0.25, -0.2) is 18.3 Å². The van der Waals surface area contributed by atoms with Gasteiger partial charge in [-0.05, 0) is 38.2 Å². The lowest BCUT2D eigenvalue weighted by Crippen LogP contribution is -2.57. The van der Waals surface area contributed by atoms with E-state index < -0.39 is 72.6 Å². The number of piperidine rings is 1. The van der Waals surface area contributed by atoms with Crippen molar-refractivity contribution in [2.24, 2.45) is 17.3 Å². The van der Waals surface area contributed by atoms with E-state index in [0.717, 1.165) is 0 Å². The number of halogens is 6. The Bertz CT molecular complexity index is 1580. The first-order chi connectivity index (χ1) is 20.6. The van der Waals surface area contributed by atoms with Crippen LogP contribution in [0.3, 0.4) is 0 Å². The van der Waals surface area contributed by atoms with Gasteiger partial charge in [0.05, 0.1) is 34.6 Å². The number of amides is 2. The summed E-state index contributed by atoms with van der Waals surface area (Å²) >= 11 is 6.39. The summed E-state index contributed by atoms with van der Waals surface area (Å²) in [7, 11) is 0. The lowest BCUT2D eigenvalue weighted by Gasteiger charge is -2.37. The zero-order valence-corrected chi connectivity index (χ0v) is 24.1. The van der Waals surface area contributed by atoms with Gasteiger partial charge in [-0.2, -0.15) is 23.4 Å². The van der Waals surface area contributed by atoms with E-state index in [1.165, 1.54) is 33.7 Å². The number of aromatic nitrogens is 5. The number of aryl methyl sites for hydroxylation is 1. The van der Waals surface area contributed by atoms with Crippen LogP contribution in [0, 0.1) is 17.3 Å². The van der Waals surface area contributed by atoms with Crippen molar-refractivity contribution in [3.8, 4) is 0 Å².